The first kappa shape index (κ1) is 20.6. The van der Waals surface area contributed by atoms with Crippen molar-refractivity contribution >= 4 is 28.3 Å². The first-order chi connectivity index (χ1) is 14.5. The summed E-state index contributed by atoms with van der Waals surface area (Å²) in [7, 11) is 0. The molecule has 1 aromatic heterocycles. The number of amides is 2. The van der Waals surface area contributed by atoms with Crippen molar-refractivity contribution in [2.75, 3.05) is 44.2 Å². The van der Waals surface area contributed by atoms with E-state index in [2.05, 4.69) is 34.0 Å². The lowest BCUT2D eigenvalue weighted by Gasteiger charge is -2.45. The van der Waals surface area contributed by atoms with E-state index in [1.165, 1.54) is 6.08 Å². The molecule has 0 bridgehead atoms. The molecule has 158 valence electrons. The molecule has 1 aromatic carbocycles. The summed E-state index contributed by atoms with van der Waals surface area (Å²) < 4.78 is 0. The highest BCUT2D eigenvalue weighted by Gasteiger charge is 2.46. The fraction of sp³-hybridized carbons (Fsp3) is 0.435. The molecule has 2 saturated heterocycles. The Morgan fingerprint density at radius 3 is 2.27 bits per heavy atom. The third-order valence-electron chi connectivity index (χ3n) is 6.28. The maximum Gasteiger partial charge on any atom is 0.245 e. The maximum atomic E-state index is 13.8. The van der Waals surface area contributed by atoms with Crippen LogP contribution in [0.1, 0.15) is 24.1 Å². The Balaban J connectivity index is 1.51. The van der Waals surface area contributed by atoms with E-state index in [4.69, 9.17) is 0 Å². The minimum atomic E-state index is -0.570. The van der Waals surface area contributed by atoms with Crippen LogP contribution in [0.4, 0.5) is 5.13 Å². The SMILES string of the molecule is C=CC(=O)N1CCC(C(=O)N2CCN(c3nc(C)cs3)CC2)(c2ccccc2)CC1. The van der Waals surface area contributed by atoms with Gasteiger partial charge in [0.25, 0.3) is 0 Å². The predicted molar refractivity (Wildman–Crippen MR) is 120 cm³/mol. The molecule has 0 N–H and O–H groups in total. The van der Waals surface area contributed by atoms with Gasteiger partial charge in [-0.2, -0.15) is 0 Å². The Hall–Kier alpha value is -2.67. The zero-order chi connectivity index (χ0) is 21.1. The number of benzene rings is 1. The third-order valence-corrected chi connectivity index (χ3v) is 7.30. The van der Waals surface area contributed by atoms with Crippen LogP contribution in [0, 0.1) is 6.92 Å². The quantitative estimate of drug-likeness (QED) is 0.709. The highest BCUT2D eigenvalue weighted by Crippen LogP contribution is 2.38. The molecule has 0 atom stereocenters. The molecule has 0 spiro atoms. The van der Waals surface area contributed by atoms with Gasteiger partial charge in [-0.05, 0) is 31.4 Å². The van der Waals surface area contributed by atoms with Crippen LogP contribution in [-0.4, -0.2) is 65.9 Å². The fourth-order valence-electron chi connectivity index (χ4n) is 4.51. The van der Waals surface area contributed by atoms with Crippen molar-refractivity contribution in [1.29, 1.82) is 0 Å². The minimum Gasteiger partial charge on any atom is -0.345 e. The Morgan fingerprint density at radius 2 is 1.70 bits per heavy atom. The average molecular weight is 425 g/mol. The molecule has 6 nitrogen and oxygen atoms in total. The first-order valence-electron chi connectivity index (χ1n) is 10.5. The van der Waals surface area contributed by atoms with E-state index in [1.54, 1.807) is 16.2 Å². The first-order valence-corrected chi connectivity index (χ1v) is 11.3. The van der Waals surface area contributed by atoms with E-state index in [9.17, 15) is 9.59 Å². The summed E-state index contributed by atoms with van der Waals surface area (Å²) in [5.74, 6) is 0.130. The van der Waals surface area contributed by atoms with Gasteiger partial charge in [0.05, 0.1) is 11.1 Å². The third kappa shape index (κ3) is 3.86. The molecule has 0 radical (unpaired) electrons. The summed E-state index contributed by atoms with van der Waals surface area (Å²) in [4.78, 5) is 36.6. The summed E-state index contributed by atoms with van der Waals surface area (Å²) in [5, 5.41) is 3.10. The van der Waals surface area contributed by atoms with Gasteiger partial charge >= 0.3 is 0 Å². The number of anilines is 1. The summed E-state index contributed by atoms with van der Waals surface area (Å²) >= 11 is 1.66. The highest BCUT2D eigenvalue weighted by molar-refractivity contribution is 7.13. The second-order valence-corrected chi connectivity index (χ2v) is 8.86. The van der Waals surface area contributed by atoms with Crippen LogP contribution < -0.4 is 4.90 Å². The summed E-state index contributed by atoms with van der Waals surface area (Å²) in [6, 6.07) is 10.1. The van der Waals surface area contributed by atoms with Gasteiger partial charge in [0.1, 0.15) is 0 Å². The van der Waals surface area contributed by atoms with Gasteiger partial charge < -0.3 is 14.7 Å². The molecule has 4 rings (SSSR count). The van der Waals surface area contributed by atoms with Gasteiger partial charge in [0.15, 0.2) is 5.13 Å². The summed E-state index contributed by atoms with van der Waals surface area (Å²) in [6.45, 7) is 9.73. The molecule has 30 heavy (non-hydrogen) atoms. The van der Waals surface area contributed by atoms with Crippen LogP contribution in [-0.2, 0) is 15.0 Å². The van der Waals surface area contributed by atoms with Crippen molar-refractivity contribution in [3.05, 3.63) is 59.6 Å². The van der Waals surface area contributed by atoms with Gasteiger partial charge in [0, 0.05) is 44.6 Å². The second-order valence-electron chi connectivity index (χ2n) is 8.03. The zero-order valence-electron chi connectivity index (χ0n) is 17.4. The number of nitrogens with zero attached hydrogens (tertiary/aromatic N) is 4. The number of carbonyl (C=O) groups is 2. The fourth-order valence-corrected chi connectivity index (χ4v) is 5.37. The molecule has 2 amide bonds. The number of piperidine rings is 1. The molecular formula is C23H28N4O2S. The standard InChI is InChI=1S/C23H28N4O2S/c1-3-20(28)25-11-9-23(10-12-25,19-7-5-4-6-8-19)21(29)26-13-15-27(16-14-26)22-24-18(2)17-30-22/h3-8,17H,1,9-16H2,2H3. The second kappa shape index (κ2) is 8.60. The van der Waals surface area contributed by atoms with Crippen LogP contribution in [0.2, 0.25) is 0 Å². The normalized spacial score (nSPS) is 18.9. The molecule has 0 saturated carbocycles. The van der Waals surface area contributed by atoms with Gasteiger partial charge in [0.2, 0.25) is 11.8 Å². The molecule has 0 unspecified atom stereocenters. The Bertz CT molecular complexity index is 910. The highest BCUT2D eigenvalue weighted by atomic mass is 32.1. The number of hydrogen-bond donors (Lipinski definition) is 0. The number of rotatable bonds is 4. The number of likely N-dealkylation sites (tertiary alicyclic amines) is 1. The van der Waals surface area contributed by atoms with E-state index in [0.717, 1.165) is 29.5 Å². The van der Waals surface area contributed by atoms with Crippen LogP contribution in [0.5, 0.6) is 0 Å². The molecule has 3 heterocycles. The van der Waals surface area contributed by atoms with Crippen LogP contribution in [0.25, 0.3) is 0 Å². The number of aryl methyl sites for hydroxylation is 1. The zero-order valence-corrected chi connectivity index (χ0v) is 18.2. The van der Waals surface area contributed by atoms with Crippen LogP contribution in [0.3, 0.4) is 0 Å². The van der Waals surface area contributed by atoms with Crippen molar-refractivity contribution < 1.29 is 9.59 Å². The topological polar surface area (TPSA) is 56.8 Å². The summed E-state index contributed by atoms with van der Waals surface area (Å²) in [5.41, 5.74) is 1.52. The molecule has 2 aromatic rings. The van der Waals surface area contributed by atoms with E-state index in [-0.39, 0.29) is 11.8 Å². The van der Waals surface area contributed by atoms with Crippen molar-refractivity contribution in [1.82, 2.24) is 14.8 Å². The monoisotopic (exact) mass is 424 g/mol. The molecule has 2 aliphatic rings. The smallest absolute Gasteiger partial charge is 0.245 e. The van der Waals surface area contributed by atoms with Gasteiger partial charge in [-0.1, -0.05) is 36.9 Å². The summed E-state index contributed by atoms with van der Waals surface area (Å²) in [6.07, 6.45) is 2.64. The maximum absolute atomic E-state index is 13.8. The molecule has 2 fully saturated rings. The van der Waals surface area contributed by atoms with Gasteiger partial charge in [-0.3, -0.25) is 9.59 Å². The lowest BCUT2D eigenvalue weighted by atomic mass is 9.71. The molecule has 0 aliphatic carbocycles. The van der Waals surface area contributed by atoms with Crippen molar-refractivity contribution in [3.8, 4) is 0 Å². The van der Waals surface area contributed by atoms with Crippen LogP contribution >= 0.6 is 11.3 Å². The van der Waals surface area contributed by atoms with Crippen molar-refractivity contribution in [2.24, 2.45) is 0 Å². The van der Waals surface area contributed by atoms with Crippen molar-refractivity contribution in [3.63, 3.8) is 0 Å². The van der Waals surface area contributed by atoms with E-state index < -0.39 is 5.41 Å². The molecule has 7 heteroatoms. The molecular weight excluding hydrogens is 396 g/mol. The average Bonchev–Trinajstić information content (AvgIpc) is 3.25. The van der Waals surface area contributed by atoms with E-state index in [1.807, 2.05) is 30.0 Å². The Kier molecular flexibility index (Phi) is 5.90. The minimum absolute atomic E-state index is 0.0588. The predicted octanol–water partition coefficient (Wildman–Crippen LogP) is 2.85. The van der Waals surface area contributed by atoms with Gasteiger partial charge in [-0.15, -0.1) is 11.3 Å². The number of hydrogen-bond acceptors (Lipinski definition) is 5. The number of aromatic nitrogens is 1. The Labute approximate surface area is 181 Å². The number of piperazine rings is 1. The lowest BCUT2D eigenvalue weighted by Crippen LogP contribution is -2.57. The largest absolute Gasteiger partial charge is 0.345 e. The van der Waals surface area contributed by atoms with Crippen molar-refractivity contribution in [2.45, 2.75) is 25.2 Å². The number of thiazole rings is 1. The number of carbonyl (C=O) groups excluding carboxylic acids is 2. The lowest BCUT2D eigenvalue weighted by molar-refractivity contribution is -0.142. The Morgan fingerprint density at radius 1 is 1.03 bits per heavy atom. The van der Waals surface area contributed by atoms with E-state index >= 15 is 0 Å². The van der Waals surface area contributed by atoms with Gasteiger partial charge in [-0.25, -0.2) is 4.98 Å². The van der Waals surface area contributed by atoms with Crippen LogP contribution in [0.15, 0.2) is 48.4 Å². The van der Waals surface area contributed by atoms with E-state index in [0.29, 0.717) is 39.0 Å². The molecule has 2 aliphatic heterocycles.